The number of benzene rings is 1. The predicted octanol–water partition coefficient (Wildman–Crippen LogP) is 2.49. The van der Waals surface area contributed by atoms with E-state index >= 15 is 0 Å². The van der Waals surface area contributed by atoms with Gasteiger partial charge in [0.05, 0.1) is 5.69 Å². The number of amides is 1. The van der Waals surface area contributed by atoms with Crippen LogP contribution in [-0.4, -0.2) is 20.7 Å². The lowest BCUT2D eigenvalue weighted by atomic mass is 10.1. The fourth-order valence-electron chi connectivity index (χ4n) is 2.53. The second kappa shape index (κ2) is 7.74. The van der Waals surface area contributed by atoms with E-state index in [0.717, 1.165) is 16.7 Å². The smallest absolute Gasteiger partial charge is 0.267 e. The van der Waals surface area contributed by atoms with Gasteiger partial charge in [-0.2, -0.15) is 5.10 Å². The molecule has 1 aromatic carbocycles. The van der Waals surface area contributed by atoms with Gasteiger partial charge in [0.1, 0.15) is 6.04 Å². The summed E-state index contributed by atoms with van der Waals surface area (Å²) in [5.74, 6) is -0.266. The third kappa shape index (κ3) is 4.03. The maximum atomic E-state index is 12.4. The SMILES string of the molecule is Cc1ccc(-c2ccc(=O)n([C@H](C)C(=O)NCc3ccncc3)n2)cc1. The second-order valence-electron chi connectivity index (χ2n) is 6.12. The summed E-state index contributed by atoms with van der Waals surface area (Å²) in [6.45, 7) is 4.04. The molecule has 1 amide bonds. The van der Waals surface area contributed by atoms with Crippen molar-refractivity contribution in [2.24, 2.45) is 0 Å². The van der Waals surface area contributed by atoms with Crippen LogP contribution in [0.3, 0.4) is 0 Å². The summed E-state index contributed by atoms with van der Waals surface area (Å²) in [6, 6.07) is 13.9. The van der Waals surface area contributed by atoms with Gasteiger partial charge in [-0.1, -0.05) is 29.8 Å². The zero-order valence-electron chi connectivity index (χ0n) is 14.7. The number of rotatable bonds is 5. The van der Waals surface area contributed by atoms with Gasteiger partial charge < -0.3 is 5.32 Å². The molecule has 0 unspecified atom stereocenters. The lowest BCUT2D eigenvalue weighted by Gasteiger charge is -2.15. The first-order valence-corrected chi connectivity index (χ1v) is 8.38. The number of nitrogens with zero attached hydrogens (tertiary/aromatic N) is 3. The highest BCUT2D eigenvalue weighted by molar-refractivity contribution is 5.79. The summed E-state index contributed by atoms with van der Waals surface area (Å²) >= 11 is 0. The molecule has 3 aromatic rings. The number of hydrogen-bond donors (Lipinski definition) is 1. The number of nitrogens with one attached hydrogen (secondary N) is 1. The fourth-order valence-corrected chi connectivity index (χ4v) is 2.53. The number of aryl methyl sites for hydroxylation is 1. The van der Waals surface area contributed by atoms with Crippen molar-refractivity contribution in [3.63, 3.8) is 0 Å². The molecule has 1 N–H and O–H groups in total. The highest BCUT2D eigenvalue weighted by atomic mass is 16.2. The lowest BCUT2D eigenvalue weighted by Crippen LogP contribution is -2.36. The molecule has 0 saturated carbocycles. The summed E-state index contributed by atoms with van der Waals surface area (Å²) in [5.41, 5.74) is 3.32. The first-order chi connectivity index (χ1) is 12.5. The highest BCUT2D eigenvalue weighted by Gasteiger charge is 2.17. The molecule has 0 aliphatic carbocycles. The minimum absolute atomic E-state index is 0.266. The highest BCUT2D eigenvalue weighted by Crippen LogP contribution is 2.16. The third-order valence-corrected chi connectivity index (χ3v) is 4.13. The lowest BCUT2D eigenvalue weighted by molar-refractivity contribution is -0.124. The van der Waals surface area contributed by atoms with Gasteiger partial charge in [0, 0.05) is 30.6 Å². The first kappa shape index (κ1) is 17.5. The first-order valence-electron chi connectivity index (χ1n) is 8.38. The van der Waals surface area contributed by atoms with E-state index in [4.69, 9.17) is 0 Å². The Morgan fingerprint density at radius 1 is 1.08 bits per heavy atom. The van der Waals surface area contributed by atoms with Gasteiger partial charge >= 0.3 is 0 Å². The van der Waals surface area contributed by atoms with Crippen molar-refractivity contribution in [1.82, 2.24) is 20.1 Å². The van der Waals surface area contributed by atoms with Gasteiger partial charge in [-0.15, -0.1) is 0 Å². The average Bonchev–Trinajstić information content (AvgIpc) is 2.67. The van der Waals surface area contributed by atoms with Crippen molar-refractivity contribution in [3.8, 4) is 11.3 Å². The van der Waals surface area contributed by atoms with Gasteiger partial charge in [0.25, 0.3) is 5.56 Å². The molecular formula is C20H20N4O2. The van der Waals surface area contributed by atoms with Gasteiger partial charge in [-0.05, 0) is 37.6 Å². The van der Waals surface area contributed by atoms with Crippen LogP contribution in [-0.2, 0) is 11.3 Å². The van der Waals surface area contributed by atoms with Crippen LogP contribution in [0.25, 0.3) is 11.3 Å². The Balaban J connectivity index is 1.78. The molecule has 0 radical (unpaired) electrons. The summed E-state index contributed by atoms with van der Waals surface area (Å²) in [5, 5.41) is 7.21. The largest absolute Gasteiger partial charge is 0.350 e. The molecular weight excluding hydrogens is 328 g/mol. The summed E-state index contributed by atoms with van der Waals surface area (Å²) in [6.07, 6.45) is 3.34. The van der Waals surface area contributed by atoms with E-state index < -0.39 is 6.04 Å². The van der Waals surface area contributed by atoms with Crippen LogP contribution >= 0.6 is 0 Å². The molecule has 2 heterocycles. The van der Waals surface area contributed by atoms with Gasteiger partial charge in [-0.3, -0.25) is 14.6 Å². The number of hydrogen-bond acceptors (Lipinski definition) is 4. The van der Waals surface area contributed by atoms with Gasteiger partial charge in [-0.25, -0.2) is 4.68 Å². The average molecular weight is 348 g/mol. The summed E-state index contributed by atoms with van der Waals surface area (Å²) < 4.78 is 1.22. The van der Waals surface area contributed by atoms with Crippen molar-refractivity contribution in [1.29, 1.82) is 0 Å². The van der Waals surface area contributed by atoms with Crippen molar-refractivity contribution < 1.29 is 4.79 Å². The van der Waals surface area contributed by atoms with E-state index in [1.54, 1.807) is 25.4 Å². The van der Waals surface area contributed by atoms with E-state index in [1.165, 1.54) is 10.7 Å². The number of carbonyl (C=O) groups excluding carboxylic acids is 1. The predicted molar refractivity (Wildman–Crippen MR) is 99.5 cm³/mol. The van der Waals surface area contributed by atoms with Gasteiger partial charge in [0.2, 0.25) is 5.91 Å². The van der Waals surface area contributed by atoms with Crippen LogP contribution in [0.5, 0.6) is 0 Å². The zero-order valence-corrected chi connectivity index (χ0v) is 14.7. The molecule has 0 spiro atoms. The Morgan fingerprint density at radius 3 is 2.46 bits per heavy atom. The molecule has 0 bridgehead atoms. The third-order valence-electron chi connectivity index (χ3n) is 4.13. The molecule has 6 nitrogen and oxygen atoms in total. The van der Waals surface area contributed by atoms with E-state index in [1.807, 2.05) is 43.3 Å². The van der Waals surface area contributed by atoms with Crippen LogP contribution in [0, 0.1) is 6.92 Å². The Hall–Kier alpha value is -3.28. The van der Waals surface area contributed by atoms with Crippen LogP contribution in [0.4, 0.5) is 0 Å². The van der Waals surface area contributed by atoms with Crippen LogP contribution < -0.4 is 10.9 Å². The molecule has 0 saturated heterocycles. The maximum Gasteiger partial charge on any atom is 0.267 e. The molecule has 3 rings (SSSR count). The molecule has 1 atom stereocenters. The van der Waals surface area contributed by atoms with E-state index in [2.05, 4.69) is 15.4 Å². The Kier molecular flexibility index (Phi) is 5.22. The summed E-state index contributed by atoms with van der Waals surface area (Å²) in [7, 11) is 0. The van der Waals surface area contributed by atoms with Crippen molar-refractivity contribution in [3.05, 3.63) is 82.4 Å². The molecule has 0 fully saturated rings. The molecule has 2 aromatic heterocycles. The van der Waals surface area contributed by atoms with Crippen LogP contribution in [0.15, 0.2) is 65.7 Å². The maximum absolute atomic E-state index is 12.4. The summed E-state index contributed by atoms with van der Waals surface area (Å²) in [4.78, 5) is 28.6. The Labute approximate surface area is 151 Å². The van der Waals surface area contributed by atoms with Crippen molar-refractivity contribution in [2.45, 2.75) is 26.4 Å². The van der Waals surface area contributed by atoms with E-state index in [0.29, 0.717) is 12.2 Å². The van der Waals surface area contributed by atoms with Crippen molar-refractivity contribution in [2.75, 3.05) is 0 Å². The molecule has 6 heteroatoms. The molecule has 26 heavy (non-hydrogen) atoms. The Morgan fingerprint density at radius 2 is 1.77 bits per heavy atom. The van der Waals surface area contributed by atoms with Gasteiger partial charge in [0.15, 0.2) is 0 Å². The van der Waals surface area contributed by atoms with Crippen molar-refractivity contribution >= 4 is 5.91 Å². The second-order valence-corrected chi connectivity index (χ2v) is 6.12. The quantitative estimate of drug-likeness (QED) is 0.768. The monoisotopic (exact) mass is 348 g/mol. The minimum Gasteiger partial charge on any atom is -0.350 e. The molecule has 132 valence electrons. The fraction of sp³-hybridized carbons (Fsp3) is 0.200. The minimum atomic E-state index is -0.713. The van der Waals surface area contributed by atoms with E-state index in [-0.39, 0.29) is 11.5 Å². The zero-order chi connectivity index (χ0) is 18.5. The normalized spacial score (nSPS) is 11.8. The molecule has 0 aliphatic heterocycles. The van der Waals surface area contributed by atoms with Crippen LogP contribution in [0.1, 0.15) is 24.1 Å². The van der Waals surface area contributed by atoms with Crippen LogP contribution in [0.2, 0.25) is 0 Å². The number of pyridine rings is 1. The number of carbonyl (C=O) groups is 1. The van der Waals surface area contributed by atoms with E-state index in [9.17, 15) is 9.59 Å². The Bertz CT molecular complexity index is 950. The standard InChI is InChI=1S/C20H20N4O2/c1-14-3-5-17(6-4-14)18-7-8-19(25)24(23-18)15(2)20(26)22-13-16-9-11-21-12-10-16/h3-12,15H,13H2,1-2H3,(H,22,26)/t15-/m1/s1. The molecule has 0 aliphatic rings. The number of aromatic nitrogens is 3. The topological polar surface area (TPSA) is 76.9 Å².